The molecular formula is C24H24N2O. The molecule has 3 heteroatoms. The number of oxazole rings is 1. The Kier molecular flexibility index (Phi) is 5.20. The van der Waals surface area contributed by atoms with Gasteiger partial charge in [0.1, 0.15) is 5.76 Å². The summed E-state index contributed by atoms with van der Waals surface area (Å²) in [4.78, 5) is 4.70. The van der Waals surface area contributed by atoms with Gasteiger partial charge < -0.3 is 8.98 Å². The highest BCUT2D eigenvalue weighted by Gasteiger charge is 2.10. The second-order valence-corrected chi connectivity index (χ2v) is 6.91. The third-order valence-electron chi connectivity index (χ3n) is 4.85. The van der Waals surface area contributed by atoms with E-state index in [1.165, 1.54) is 11.1 Å². The van der Waals surface area contributed by atoms with E-state index in [9.17, 15) is 0 Å². The Morgan fingerprint density at radius 1 is 0.815 bits per heavy atom. The Morgan fingerprint density at radius 3 is 2.26 bits per heavy atom. The number of hydrogen-bond acceptors (Lipinski definition) is 2. The average Bonchev–Trinajstić information content (AvgIpc) is 3.34. The maximum absolute atomic E-state index is 5.86. The third kappa shape index (κ3) is 4.37. The van der Waals surface area contributed by atoms with Gasteiger partial charge in [-0.3, -0.25) is 0 Å². The zero-order chi connectivity index (χ0) is 18.5. The minimum Gasteiger partial charge on any atom is -0.441 e. The van der Waals surface area contributed by atoms with Gasteiger partial charge in [0.2, 0.25) is 5.89 Å². The molecule has 0 spiro atoms. The molecule has 0 unspecified atom stereocenters. The third-order valence-corrected chi connectivity index (χ3v) is 4.85. The van der Waals surface area contributed by atoms with Crippen LogP contribution in [0.1, 0.15) is 29.0 Å². The van der Waals surface area contributed by atoms with Gasteiger partial charge in [-0.05, 0) is 61.6 Å². The molecule has 2 aromatic heterocycles. The molecule has 0 amide bonds. The van der Waals surface area contributed by atoms with Crippen LogP contribution in [-0.2, 0) is 19.4 Å². The highest BCUT2D eigenvalue weighted by atomic mass is 16.4. The minimum absolute atomic E-state index is 0.720. The number of hydrogen-bond donors (Lipinski definition) is 0. The predicted molar refractivity (Wildman–Crippen MR) is 109 cm³/mol. The molecule has 0 aliphatic rings. The Morgan fingerprint density at radius 2 is 1.52 bits per heavy atom. The fraction of sp³-hybridized carbons (Fsp3) is 0.208. The molecule has 2 aromatic carbocycles. The van der Waals surface area contributed by atoms with Crippen molar-refractivity contribution in [2.45, 2.75) is 32.7 Å². The molecule has 0 atom stereocenters. The molecule has 4 aromatic rings. The molecule has 0 aliphatic carbocycles. The maximum atomic E-state index is 5.86. The van der Waals surface area contributed by atoms with Crippen molar-refractivity contribution < 1.29 is 4.42 Å². The van der Waals surface area contributed by atoms with Crippen molar-refractivity contribution in [3.63, 3.8) is 0 Å². The molecule has 0 aliphatic heterocycles. The van der Waals surface area contributed by atoms with Crippen LogP contribution in [0.4, 0.5) is 0 Å². The zero-order valence-electron chi connectivity index (χ0n) is 15.6. The van der Waals surface area contributed by atoms with Gasteiger partial charge >= 0.3 is 0 Å². The first-order chi connectivity index (χ1) is 13.3. The van der Waals surface area contributed by atoms with Crippen LogP contribution in [0.5, 0.6) is 0 Å². The van der Waals surface area contributed by atoms with E-state index in [4.69, 9.17) is 9.40 Å². The summed E-state index contributed by atoms with van der Waals surface area (Å²) in [6.45, 7) is 2.93. The topological polar surface area (TPSA) is 31.0 Å². The summed E-state index contributed by atoms with van der Waals surface area (Å²) in [5.41, 5.74) is 4.80. The van der Waals surface area contributed by atoms with Crippen LogP contribution in [0, 0.1) is 6.92 Å². The monoisotopic (exact) mass is 356 g/mol. The molecule has 0 saturated carbocycles. The Bertz CT molecular complexity index is 967. The molecule has 3 nitrogen and oxygen atoms in total. The van der Waals surface area contributed by atoms with Crippen molar-refractivity contribution in [2.75, 3.05) is 0 Å². The van der Waals surface area contributed by atoms with E-state index in [1.54, 1.807) is 0 Å². The van der Waals surface area contributed by atoms with E-state index < -0.39 is 0 Å². The van der Waals surface area contributed by atoms with Gasteiger partial charge in [0, 0.05) is 24.5 Å². The van der Waals surface area contributed by atoms with Crippen molar-refractivity contribution in [3.8, 4) is 11.5 Å². The molecule has 0 N–H and O–H groups in total. The fourth-order valence-corrected chi connectivity index (χ4v) is 3.32. The molecule has 0 fully saturated rings. The summed E-state index contributed by atoms with van der Waals surface area (Å²) in [7, 11) is 0. The van der Waals surface area contributed by atoms with Crippen molar-refractivity contribution in [1.29, 1.82) is 0 Å². The summed E-state index contributed by atoms with van der Waals surface area (Å²) in [5, 5.41) is 0. The lowest BCUT2D eigenvalue weighted by Gasteiger charge is -2.05. The van der Waals surface area contributed by atoms with Crippen LogP contribution in [0.25, 0.3) is 11.5 Å². The van der Waals surface area contributed by atoms with Crippen LogP contribution < -0.4 is 0 Å². The Hall–Kier alpha value is -3.07. The van der Waals surface area contributed by atoms with Crippen molar-refractivity contribution in [2.24, 2.45) is 0 Å². The second-order valence-electron chi connectivity index (χ2n) is 6.91. The van der Waals surface area contributed by atoms with Crippen LogP contribution in [-0.4, -0.2) is 9.55 Å². The summed E-state index contributed by atoms with van der Waals surface area (Å²) < 4.78 is 8.04. The van der Waals surface area contributed by atoms with E-state index in [2.05, 4.69) is 53.4 Å². The first-order valence-corrected chi connectivity index (χ1v) is 9.48. The number of aromatic nitrogens is 2. The lowest BCUT2D eigenvalue weighted by Crippen LogP contribution is -1.97. The Labute approximate surface area is 160 Å². The van der Waals surface area contributed by atoms with Crippen molar-refractivity contribution in [3.05, 3.63) is 102 Å². The minimum atomic E-state index is 0.720. The Balaban J connectivity index is 1.33. The van der Waals surface area contributed by atoms with E-state index in [-0.39, 0.29) is 0 Å². The van der Waals surface area contributed by atoms with Gasteiger partial charge in [-0.1, -0.05) is 42.5 Å². The standard InChI is InChI=1S/C24H24N2O/c1-19-23(25-24(27-19)22-9-3-2-4-10-22)11-7-8-20-12-14-21(15-13-20)18-26-16-5-6-17-26/h2-6,9-10,12-17H,7-8,11,18H2,1H3. The zero-order valence-corrected chi connectivity index (χ0v) is 15.6. The van der Waals surface area contributed by atoms with Crippen molar-refractivity contribution >= 4 is 0 Å². The van der Waals surface area contributed by atoms with E-state index in [1.807, 2.05) is 37.3 Å². The van der Waals surface area contributed by atoms with Gasteiger partial charge in [0.25, 0.3) is 0 Å². The van der Waals surface area contributed by atoms with E-state index in [0.29, 0.717) is 0 Å². The molecule has 2 heterocycles. The van der Waals surface area contributed by atoms with E-state index in [0.717, 1.165) is 48.7 Å². The first kappa shape index (κ1) is 17.3. The van der Waals surface area contributed by atoms with E-state index >= 15 is 0 Å². The van der Waals surface area contributed by atoms with Gasteiger partial charge in [-0.15, -0.1) is 0 Å². The summed E-state index contributed by atoms with van der Waals surface area (Å²) in [5.74, 6) is 1.65. The van der Waals surface area contributed by atoms with Crippen LogP contribution in [0.15, 0.2) is 83.5 Å². The second kappa shape index (κ2) is 8.09. The SMILES string of the molecule is Cc1oc(-c2ccccc2)nc1CCCc1ccc(Cn2cccc2)cc1. The number of benzene rings is 2. The summed E-state index contributed by atoms with van der Waals surface area (Å²) in [6, 6.07) is 23.1. The molecule has 0 radical (unpaired) electrons. The first-order valence-electron chi connectivity index (χ1n) is 9.48. The highest BCUT2D eigenvalue weighted by molar-refractivity contribution is 5.53. The molecular weight excluding hydrogens is 332 g/mol. The molecule has 0 saturated heterocycles. The molecule has 0 bridgehead atoms. The maximum Gasteiger partial charge on any atom is 0.226 e. The van der Waals surface area contributed by atoms with Gasteiger partial charge in [-0.25, -0.2) is 4.98 Å². The average molecular weight is 356 g/mol. The molecule has 136 valence electrons. The van der Waals surface area contributed by atoms with Gasteiger partial charge in [-0.2, -0.15) is 0 Å². The predicted octanol–water partition coefficient (Wildman–Crippen LogP) is 5.68. The van der Waals surface area contributed by atoms with Crippen LogP contribution in [0.2, 0.25) is 0 Å². The van der Waals surface area contributed by atoms with Gasteiger partial charge in [0.15, 0.2) is 0 Å². The summed E-state index contributed by atoms with van der Waals surface area (Å²) in [6.07, 6.45) is 7.25. The normalized spacial score (nSPS) is 11.0. The molecule has 4 rings (SSSR count). The lowest BCUT2D eigenvalue weighted by molar-refractivity contribution is 0.538. The highest BCUT2D eigenvalue weighted by Crippen LogP contribution is 2.22. The fourth-order valence-electron chi connectivity index (χ4n) is 3.32. The quantitative estimate of drug-likeness (QED) is 0.427. The smallest absolute Gasteiger partial charge is 0.226 e. The number of nitrogens with zero attached hydrogens (tertiary/aromatic N) is 2. The van der Waals surface area contributed by atoms with Crippen LogP contribution >= 0.6 is 0 Å². The summed E-state index contributed by atoms with van der Waals surface area (Å²) >= 11 is 0. The van der Waals surface area contributed by atoms with Crippen molar-refractivity contribution in [1.82, 2.24) is 9.55 Å². The number of rotatable bonds is 7. The molecule has 27 heavy (non-hydrogen) atoms. The number of aryl methyl sites for hydroxylation is 3. The van der Waals surface area contributed by atoms with Gasteiger partial charge in [0.05, 0.1) is 5.69 Å². The lowest BCUT2D eigenvalue weighted by atomic mass is 10.0. The largest absolute Gasteiger partial charge is 0.441 e. The van der Waals surface area contributed by atoms with Crippen LogP contribution in [0.3, 0.4) is 0 Å².